The highest BCUT2D eigenvalue weighted by Crippen LogP contribution is 2.24. The van der Waals surface area contributed by atoms with E-state index < -0.39 is 0 Å². The molecule has 0 aliphatic carbocycles. The molecule has 1 amide bonds. The summed E-state index contributed by atoms with van der Waals surface area (Å²) in [5, 5.41) is 3.23. The van der Waals surface area contributed by atoms with E-state index in [2.05, 4.69) is 55.3 Å². The van der Waals surface area contributed by atoms with Gasteiger partial charge in [-0.3, -0.25) is 9.69 Å². The van der Waals surface area contributed by atoms with Gasteiger partial charge in [-0.1, -0.05) is 56.5 Å². The Morgan fingerprint density at radius 2 is 1.62 bits per heavy atom. The first-order chi connectivity index (χ1) is 11.7. The molecule has 134 valence electrons. The van der Waals surface area contributed by atoms with Crippen LogP contribution in [0.15, 0.2) is 24.3 Å². The third-order valence-electron chi connectivity index (χ3n) is 5.37. The smallest absolute Gasteiger partial charge is 0.223 e. The molecule has 3 nitrogen and oxygen atoms in total. The van der Waals surface area contributed by atoms with Gasteiger partial charge in [0, 0.05) is 12.5 Å². The molecule has 3 heteroatoms. The molecule has 1 heterocycles. The summed E-state index contributed by atoms with van der Waals surface area (Å²) < 4.78 is 0. The van der Waals surface area contributed by atoms with Gasteiger partial charge in [0.1, 0.15) is 0 Å². The third-order valence-corrected chi connectivity index (χ3v) is 5.37. The second-order valence-corrected chi connectivity index (χ2v) is 7.14. The second kappa shape index (κ2) is 9.83. The van der Waals surface area contributed by atoms with Crippen molar-refractivity contribution in [2.45, 2.75) is 65.3 Å². The van der Waals surface area contributed by atoms with E-state index in [1.807, 2.05) is 0 Å². The van der Waals surface area contributed by atoms with E-state index >= 15 is 0 Å². The number of amides is 1. The SMILES string of the molecule is CCC(CC)C(=O)NC[C@@H](c1ccc(C)cc1)N1CCCCCC1. The van der Waals surface area contributed by atoms with Crippen LogP contribution in [0.5, 0.6) is 0 Å². The highest BCUT2D eigenvalue weighted by Gasteiger charge is 2.23. The number of aryl methyl sites for hydroxylation is 1. The number of hydrogen-bond donors (Lipinski definition) is 1. The van der Waals surface area contributed by atoms with Crippen LogP contribution in [0.25, 0.3) is 0 Å². The molecule has 0 spiro atoms. The fourth-order valence-electron chi connectivity index (χ4n) is 3.65. The van der Waals surface area contributed by atoms with Crippen molar-refractivity contribution < 1.29 is 4.79 Å². The van der Waals surface area contributed by atoms with Gasteiger partial charge in [-0.25, -0.2) is 0 Å². The zero-order valence-electron chi connectivity index (χ0n) is 15.7. The Morgan fingerprint density at radius 3 is 2.17 bits per heavy atom. The summed E-state index contributed by atoms with van der Waals surface area (Å²) in [4.78, 5) is 15.0. The number of carbonyl (C=O) groups excluding carboxylic acids is 1. The highest BCUT2D eigenvalue weighted by molar-refractivity contribution is 5.78. The predicted octanol–water partition coefficient (Wildman–Crippen LogP) is 4.46. The van der Waals surface area contributed by atoms with Crippen molar-refractivity contribution in [1.29, 1.82) is 0 Å². The van der Waals surface area contributed by atoms with Gasteiger partial charge in [-0.2, -0.15) is 0 Å². The summed E-state index contributed by atoms with van der Waals surface area (Å²) in [5.74, 6) is 0.361. The highest BCUT2D eigenvalue weighted by atomic mass is 16.1. The fraction of sp³-hybridized carbons (Fsp3) is 0.667. The quantitative estimate of drug-likeness (QED) is 0.800. The molecule has 1 fully saturated rings. The van der Waals surface area contributed by atoms with Gasteiger partial charge >= 0.3 is 0 Å². The van der Waals surface area contributed by atoms with Crippen molar-refractivity contribution in [3.63, 3.8) is 0 Å². The molecule has 1 N–H and O–H groups in total. The lowest BCUT2D eigenvalue weighted by Crippen LogP contribution is -2.40. The zero-order valence-corrected chi connectivity index (χ0v) is 15.7. The van der Waals surface area contributed by atoms with E-state index in [1.165, 1.54) is 36.8 Å². The molecule has 1 aliphatic rings. The number of hydrogen-bond acceptors (Lipinski definition) is 2. The summed E-state index contributed by atoms with van der Waals surface area (Å²) in [6, 6.07) is 9.12. The second-order valence-electron chi connectivity index (χ2n) is 7.14. The van der Waals surface area contributed by atoms with E-state index in [9.17, 15) is 4.79 Å². The van der Waals surface area contributed by atoms with Gasteiger partial charge < -0.3 is 5.32 Å². The molecule has 0 bridgehead atoms. The van der Waals surface area contributed by atoms with Gasteiger partial charge in [-0.15, -0.1) is 0 Å². The minimum atomic E-state index is 0.146. The minimum absolute atomic E-state index is 0.146. The van der Waals surface area contributed by atoms with Crippen molar-refractivity contribution in [3.05, 3.63) is 35.4 Å². The normalized spacial score (nSPS) is 17.5. The van der Waals surface area contributed by atoms with Gasteiger partial charge in [-0.05, 0) is 51.3 Å². The summed E-state index contributed by atoms with van der Waals surface area (Å²) in [6.07, 6.45) is 7.03. The first kappa shape index (κ1) is 19.0. The maximum Gasteiger partial charge on any atom is 0.223 e. The Labute approximate surface area is 147 Å². The molecule has 0 radical (unpaired) electrons. The standard InChI is InChI=1S/C21H34N2O/c1-4-18(5-2)21(24)22-16-20(19-12-10-17(3)11-13-19)23-14-8-6-7-9-15-23/h10-13,18,20H,4-9,14-16H2,1-3H3,(H,22,24)/t20-/m0/s1. The van der Waals surface area contributed by atoms with Crippen LogP contribution >= 0.6 is 0 Å². The molecular formula is C21H34N2O. The average Bonchev–Trinajstić information content (AvgIpc) is 2.87. The largest absolute Gasteiger partial charge is 0.354 e. The van der Waals surface area contributed by atoms with E-state index in [0.717, 1.165) is 32.5 Å². The van der Waals surface area contributed by atoms with Crippen LogP contribution in [-0.2, 0) is 4.79 Å². The van der Waals surface area contributed by atoms with Crippen LogP contribution in [0.2, 0.25) is 0 Å². The number of benzene rings is 1. The molecule has 24 heavy (non-hydrogen) atoms. The molecule has 0 unspecified atom stereocenters. The van der Waals surface area contributed by atoms with Crippen LogP contribution < -0.4 is 5.32 Å². The Bertz CT molecular complexity index is 485. The topological polar surface area (TPSA) is 32.3 Å². The third kappa shape index (κ3) is 5.34. The van der Waals surface area contributed by atoms with Crippen LogP contribution in [0.1, 0.15) is 69.5 Å². The van der Waals surface area contributed by atoms with Crippen molar-refractivity contribution in [3.8, 4) is 0 Å². The summed E-state index contributed by atoms with van der Waals surface area (Å²) in [7, 11) is 0. The zero-order chi connectivity index (χ0) is 17.4. The average molecular weight is 331 g/mol. The van der Waals surface area contributed by atoms with Crippen LogP contribution in [0, 0.1) is 12.8 Å². The molecule has 1 aromatic carbocycles. The molecular weight excluding hydrogens is 296 g/mol. The van der Waals surface area contributed by atoms with Gasteiger partial charge in [0.05, 0.1) is 6.04 Å². The van der Waals surface area contributed by atoms with Crippen LogP contribution in [0.3, 0.4) is 0 Å². The van der Waals surface area contributed by atoms with E-state index in [1.54, 1.807) is 0 Å². The number of likely N-dealkylation sites (tertiary alicyclic amines) is 1. The molecule has 0 saturated carbocycles. The Morgan fingerprint density at radius 1 is 1.04 bits per heavy atom. The molecule has 0 aromatic heterocycles. The van der Waals surface area contributed by atoms with E-state index in [4.69, 9.17) is 0 Å². The first-order valence-electron chi connectivity index (χ1n) is 9.74. The number of carbonyl (C=O) groups is 1. The fourth-order valence-corrected chi connectivity index (χ4v) is 3.65. The van der Waals surface area contributed by atoms with Crippen molar-refractivity contribution in [2.75, 3.05) is 19.6 Å². The lowest BCUT2D eigenvalue weighted by atomic mass is 10.0. The summed E-state index contributed by atoms with van der Waals surface area (Å²) >= 11 is 0. The number of rotatable bonds is 7. The molecule has 1 atom stereocenters. The molecule has 2 rings (SSSR count). The first-order valence-corrected chi connectivity index (χ1v) is 9.74. The van der Waals surface area contributed by atoms with Crippen LogP contribution in [0.4, 0.5) is 0 Å². The maximum atomic E-state index is 12.4. The van der Waals surface area contributed by atoms with Crippen molar-refractivity contribution in [1.82, 2.24) is 10.2 Å². The Hall–Kier alpha value is -1.35. The van der Waals surface area contributed by atoms with Crippen LogP contribution in [-0.4, -0.2) is 30.4 Å². The van der Waals surface area contributed by atoms with Gasteiger partial charge in [0.25, 0.3) is 0 Å². The molecule has 1 saturated heterocycles. The lowest BCUT2D eigenvalue weighted by molar-refractivity contribution is -0.125. The Kier molecular flexibility index (Phi) is 7.77. The lowest BCUT2D eigenvalue weighted by Gasteiger charge is -2.31. The number of nitrogens with zero attached hydrogens (tertiary/aromatic N) is 1. The van der Waals surface area contributed by atoms with Crippen molar-refractivity contribution >= 4 is 5.91 Å². The van der Waals surface area contributed by atoms with Crippen molar-refractivity contribution in [2.24, 2.45) is 5.92 Å². The summed E-state index contributed by atoms with van der Waals surface area (Å²) in [6.45, 7) is 9.32. The summed E-state index contributed by atoms with van der Waals surface area (Å²) in [5.41, 5.74) is 2.61. The molecule has 1 aliphatic heterocycles. The number of nitrogens with one attached hydrogen (secondary N) is 1. The van der Waals surface area contributed by atoms with E-state index in [0.29, 0.717) is 6.04 Å². The van der Waals surface area contributed by atoms with Gasteiger partial charge in [0.15, 0.2) is 0 Å². The predicted molar refractivity (Wildman–Crippen MR) is 101 cm³/mol. The monoisotopic (exact) mass is 330 g/mol. The van der Waals surface area contributed by atoms with E-state index in [-0.39, 0.29) is 11.8 Å². The Balaban J connectivity index is 2.09. The van der Waals surface area contributed by atoms with Gasteiger partial charge in [0.2, 0.25) is 5.91 Å². The minimum Gasteiger partial charge on any atom is -0.354 e. The molecule has 1 aromatic rings. The maximum absolute atomic E-state index is 12.4.